The van der Waals surface area contributed by atoms with Crippen molar-refractivity contribution in [1.29, 1.82) is 0 Å². The minimum atomic E-state index is -0.357. The van der Waals surface area contributed by atoms with Crippen molar-refractivity contribution >= 4 is 23.0 Å². The lowest BCUT2D eigenvalue weighted by molar-refractivity contribution is -0.119. The van der Waals surface area contributed by atoms with Gasteiger partial charge in [0.2, 0.25) is 5.88 Å². The molecule has 1 N–H and O–H groups in total. The smallest absolute Gasteiger partial charge is 0.255 e. The first-order valence-corrected chi connectivity index (χ1v) is 12.0. The summed E-state index contributed by atoms with van der Waals surface area (Å²) in [6.45, 7) is 5.87. The van der Waals surface area contributed by atoms with Gasteiger partial charge in [-0.25, -0.2) is 9.50 Å². The molecule has 0 bridgehead atoms. The van der Waals surface area contributed by atoms with E-state index in [9.17, 15) is 9.59 Å². The van der Waals surface area contributed by atoms with Gasteiger partial charge in [0.25, 0.3) is 5.91 Å². The number of ketones is 1. The van der Waals surface area contributed by atoms with E-state index in [1.807, 2.05) is 26.8 Å². The molecule has 0 atom stereocenters. The van der Waals surface area contributed by atoms with Crippen LogP contribution in [0.2, 0.25) is 0 Å². The van der Waals surface area contributed by atoms with Gasteiger partial charge in [0, 0.05) is 29.3 Å². The van der Waals surface area contributed by atoms with Crippen LogP contribution in [0.5, 0.6) is 17.4 Å². The molecule has 2 aromatic heterocycles. The van der Waals surface area contributed by atoms with Crippen LogP contribution >= 0.6 is 0 Å². The van der Waals surface area contributed by atoms with Crippen molar-refractivity contribution in [1.82, 2.24) is 14.6 Å². The number of hydrogen-bond acceptors (Lipinski definition) is 6. The molecular formula is C28H28N4O4. The molecule has 5 rings (SSSR count). The molecule has 2 heterocycles. The Morgan fingerprint density at radius 3 is 2.58 bits per heavy atom. The van der Waals surface area contributed by atoms with Gasteiger partial charge in [-0.15, -0.1) is 5.10 Å². The summed E-state index contributed by atoms with van der Waals surface area (Å²) >= 11 is 0. The summed E-state index contributed by atoms with van der Waals surface area (Å²) in [5.41, 5.74) is 2.08. The first-order chi connectivity index (χ1) is 17.2. The molecule has 4 aromatic rings. The first-order valence-electron chi connectivity index (χ1n) is 12.0. The van der Waals surface area contributed by atoms with Crippen LogP contribution in [0.15, 0.2) is 66.9 Å². The standard InChI is InChI=1S/C28H28N4O4/c1-28(2,3)36-23-9-4-6-19(14-23)27(34)30-20-7-5-8-22(15-20)35-26-13-12-25-29-21(17-32(25)31-26)16-24(33)18-10-11-18/h4-9,12-15,17-18H,10-11,16H2,1-3H3,(H,30,34). The second-order valence-electron chi connectivity index (χ2n) is 9.95. The molecule has 0 spiro atoms. The number of carbonyl (C=O) groups excluding carboxylic acids is 2. The van der Waals surface area contributed by atoms with Crippen LogP contribution in [0.4, 0.5) is 5.69 Å². The number of carbonyl (C=O) groups is 2. The number of amides is 1. The fourth-order valence-electron chi connectivity index (χ4n) is 3.80. The van der Waals surface area contributed by atoms with Crippen molar-refractivity contribution in [3.63, 3.8) is 0 Å². The molecule has 1 fully saturated rings. The van der Waals surface area contributed by atoms with E-state index in [-0.39, 0.29) is 23.2 Å². The normalized spacial score (nSPS) is 13.4. The number of ether oxygens (including phenoxy) is 2. The molecule has 0 aliphatic heterocycles. The molecule has 0 radical (unpaired) electrons. The molecule has 0 unspecified atom stereocenters. The molecule has 1 aliphatic carbocycles. The zero-order valence-electron chi connectivity index (χ0n) is 20.5. The van der Waals surface area contributed by atoms with Gasteiger partial charge < -0.3 is 14.8 Å². The summed E-state index contributed by atoms with van der Waals surface area (Å²) in [6.07, 6.45) is 4.06. The Morgan fingerprint density at radius 1 is 1.03 bits per heavy atom. The number of fused-ring (bicyclic) bond motifs is 1. The third kappa shape index (κ3) is 5.89. The quantitative estimate of drug-likeness (QED) is 0.356. The summed E-state index contributed by atoms with van der Waals surface area (Å²) in [5.74, 6) is 1.72. The molecule has 0 saturated heterocycles. The Hall–Kier alpha value is -4.20. The van der Waals surface area contributed by atoms with Gasteiger partial charge in [0.05, 0.1) is 18.3 Å². The molecule has 1 amide bonds. The summed E-state index contributed by atoms with van der Waals surface area (Å²) in [4.78, 5) is 29.4. The predicted molar refractivity (Wildman–Crippen MR) is 136 cm³/mol. The van der Waals surface area contributed by atoms with E-state index in [1.165, 1.54) is 0 Å². The lowest BCUT2D eigenvalue weighted by Crippen LogP contribution is -2.23. The number of Topliss-reactive ketones (excluding diaryl/α,β-unsaturated/α-hetero) is 1. The monoisotopic (exact) mass is 484 g/mol. The third-order valence-corrected chi connectivity index (χ3v) is 5.57. The van der Waals surface area contributed by atoms with Crippen molar-refractivity contribution in [2.45, 2.75) is 45.6 Å². The van der Waals surface area contributed by atoms with Crippen molar-refractivity contribution in [2.75, 3.05) is 5.32 Å². The maximum absolute atomic E-state index is 12.8. The Balaban J connectivity index is 1.26. The average Bonchev–Trinajstić information content (AvgIpc) is 3.59. The molecule has 1 saturated carbocycles. The molecular weight excluding hydrogens is 456 g/mol. The highest BCUT2D eigenvalue weighted by molar-refractivity contribution is 6.04. The molecule has 36 heavy (non-hydrogen) atoms. The summed E-state index contributed by atoms with van der Waals surface area (Å²) in [5, 5.41) is 7.35. The van der Waals surface area contributed by atoms with Crippen LogP contribution in [0.3, 0.4) is 0 Å². The number of benzene rings is 2. The fraction of sp³-hybridized carbons (Fsp3) is 0.286. The van der Waals surface area contributed by atoms with E-state index in [0.717, 1.165) is 12.8 Å². The van der Waals surface area contributed by atoms with Crippen LogP contribution in [-0.4, -0.2) is 31.9 Å². The Bertz CT molecular complexity index is 1430. The minimum absolute atomic E-state index is 0.204. The van der Waals surface area contributed by atoms with Gasteiger partial charge in [-0.2, -0.15) is 0 Å². The van der Waals surface area contributed by atoms with Crippen LogP contribution in [-0.2, 0) is 11.2 Å². The van der Waals surface area contributed by atoms with Gasteiger partial charge >= 0.3 is 0 Å². The number of imidazole rings is 1. The Morgan fingerprint density at radius 2 is 1.81 bits per heavy atom. The molecule has 184 valence electrons. The number of nitrogens with one attached hydrogen (secondary N) is 1. The largest absolute Gasteiger partial charge is 0.488 e. The van der Waals surface area contributed by atoms with Gasteiger partial charge in [-0.1, -0.05) is 12.1 Å². The number of hydrogen-bond donors (Lipinski definition) is 1. The minimum Gasteiger partial charge on any atom is -0.488 e. The lowest BCUT2D eigenvalue weighted by atomic mass is 10.1. The summed E-state index contributed by atoms with van der Waals surface area (Å²) in [7, 11) is 0. The van der Waals surface area contributed by atoms with E-state index >= 15 is 0 Å². The second kappa shape index (κ2) is 9.45. The molecule has 2 aromatic carbocycles. The fourth-order valence-corrected chi connectivity index (χ4v) is 3.80. The van der Waals surface area contributed by atoms with Crippen molar-refractivity contribution in [3.05, 3.63) is 78.1 Å². The maximum Gasteiger partial charge on any atom is 0.255 e. The lowest BCUT2D eigenvalue weighted by Gasteiger charge is -2.21. The number of nitrogens with zero attached hydrogens (tertiary/aromatic N) is 3. The van der Waals surface area contributed by atoms with Crippen LogP contribution in [0, 0.1) is 5.92 Å². The van der Waals surface area contributed by atoms with Crippen molar-refractivity contribution in [2.24, 2.45) is 5.92 Å². The van der Waals surface area contributed by atoms with E-state index in [1.54, 1.807) is 65.3 Å². The van der Waals surface area contributed by atoms with Gasteiger partial charge in [0.1, 0.15) is 22.9 Å². The first kappa shape index (κ1) is 23.5. The Labute approximate surface area is 209 Å². The highest BCUT2D eigenvalue weighted by atomic mass is 16.5. The van der Waals surface area contributed by atoms with Gasteiger partial charge in [0.15, 0.2) is 5.65 Å². The van der Waals surface area contributed by atoms with E-state index in [0.29, 0.717) is 46.4 Å². The molecule has 8 nitrogen and oxygen atoms in total. The Kier molecular flexibility index (Phi) is 6.18. The predicted octanol–water partition coefficient (Wildman–Crippen LogP) is 5.47. The summed E-state index contributed by atoms with van der Waals surface area (Å²) in [6, 6.07) is 17.7. The number of rotatable bonds is 8. The highest BCUT2D eigenvalue weighted by Crippen LogP contribution is 2.31. The molecule has 8 heteroatoms. The van der Waals surface area contributed by atoms with Crippen LogP contribution in [0.1, 0.15) is 49.7 Å². The van der Waals surface area contributed by atoms with E-state index in [4.69, 9.17) is 9.47 Å². The van der Waals surface area contributed by atoms with Gasteiger partial charge in [-0.05, 0) is 70.0 Å². The highest BCUT2D eigenvalue weighted by Gasteiger charge is 2.29. The SMILES string of the molecule is CC(C)(C)Oc1cccc(C(=O)Nc2cccc(Oc3ccc4nc(CC(=O)C5CC5)cn4n3)c2)c1. The number of anilines is 1. The van der Waals surface area contributed by atoms with Crippen molar-refractivity contribution in [3.8, 4) is 17.4 Å². The topological polar surface area (TPSA) is 94.8 Å². The zero-order chi connectivity index (χ0) is 25.3. The zero-order valence-corrected chi connectivity index (χ0v) is 20.5. The van der Waals surface area contributed by atoms with Gasteiger partial charge in [-0.3, -0.25) is 9.59 Å². The molecule has 1 aliphatic rings. The summed E-state index contributed by atoms with van der Waals surface area (Å²) < 4.78 is 13.4. The van der Waals surface area contributed by atoms with E-state index < -0.39 is 0 Å². The van der Waals surface area contributed by atoms with E-state index in [2.05, 4.69) is 15.4 Å². The number of aromatic nitrogens is 3. The maximum atomic E-state index is 12.8. The van der Waals surface area contributed by atoms with Crippen LogP contribution in [0.25, 0.3) is 5.65 Å². The second-order valence-corrected chi connectivity index (χ2v) is 9.95. The van der Waals surface area contributed by atoms with Crippen LogP contribution < -0.4 is 14.8 Å². The average molecular weight is 485 g/mol. The third-order valence-electron chi connectivity index (χ3n) is 5.57. The van der Waals surface area contributed by atoms with Crippen molar-refractivity contribution < 1.29 is 19.1 Å².